The van der Waals surface area contributed by atoms with E-state index in [0.717, 1.165) is 37.3 Å². The number of carbonyl (C=O) groups is 1. The zero-order valence-electron chi connectivity index (χ0n) is 13.6. The maximum Gasteiger partial charge on any atom is 0.240 e. The second-order valence-electron chi connectivity index (χ2n) is 5.95. The van der Waals surface area contributed by atoms with Crippen molar-refractivity contribution >= 4 is 17.7 Å². The summed E-state index contributed by atoms with van der Waals surface area (Å²) in [6, 6.07) is 10.0. The molecule has 5 nitrogen and oxygen atoms in total. The fourth-order valence-electron chi connectivity index (χ4n) is 3.22. The highest BCUT2D eigenvalue weighted by atomic mass is 32.2. The average Bonchev–Trinajstić information content (AvgIpc) is 3.02. The van der Waals surface area contributed by atoms with Crippen molar-refractivity contribution < 1.29 is 4.79 Å². The number of carbonyl (C=O) groups excluding carboxylic acids is 1. The van der Waals surface area contributed by atoms with Crippen molar-refractivity contribution in [2.24, 2.45) is 7.05 Å². The van der Waals surface area contributed by atoms with Crippen molar-refractivity contribution in [1.82, 2.24) is 19.7 Å². The number of amides is 1. The summed E-state index contributed by atoms with van der Waals surface area (Å²) >= 11 is 1.60. The van der Waals surface area contributed by atoms with Crippen LogP contribution < -0.4 is 0 Å². The molecule has 3 rings (SSSR count). The molecule has 6 heteroatoms. The summed E-state index contributed by atoms with van der Waals surface area (Å²) in [5, 5.41) is 8.07. The van der Waals surface area contributed by atoms with E-state index in [4.69, 9.17) is 0 Å². The van der Waals surface area contributed by atoms with E-state index in [1.165, 1.54) is 0 Å². The number of aromatic nitrogens is 3. The third-order valence-electron chi connectivity index (χ3n) is 4.41. The molecule has 23 heavy (non-hydrogen) atoms. The maximum absolute atomic E-state index is 13.0. The van der Waals surface area contributed by atoms with Crippen molar-refractivity contribution in [3.8, 4) is 0 Å². The topological polar surface area (TPSA) is 51.0 Å². The molecule has 1 aromatic heterocycles. The first-order valence-electron chi connectivity index (χ1n) is 7.91. The van der Waals surface area contributed by atoms with Crippen LogP contribution in [-0.4, -0.2) is 44.9 Å². The highest BCUT2D eigenvalue weighted by Gasteiger charge is 2.31. The predicted octanol–water partition coefficient (Wildman–Crippen LogP) is 2.63. The number of benzene rings is 1. The summed E-state index contributed by atoms with van der Waals surface area (Å²) in [5.74, 6) is 1.46. The molecule has 2 aromatic rings. The Morgan fingerprint density at radius 2 is 2.13 bits per heavy atom. The number of hydrogen-bond donors (Lipinski definition) is 0. The molecule has 0 spiro atoms. The zero-order chi connectivity index (χ0) is 16.2. The van der Waals surface area contributed by atoms with Gasteiger partial charge in [-0.05, 0) is 24.7 Å². The number of aryl methyl sites for hydroxylation is 1. The Balaban J connectivity index is 1.75. The molecule has 2 heterocycles. The first-order valence-corrected chi connectivity index (χ1v) is 9.20. The van der Waals surface area contributed by atoms with E-state index in [1.54, 1.807) is 18.1 Å². The molecule has 1 fully saturated rings. The minimum atomic E-state index is -0.130. The average molecular weight is 330 g/mol. The van der Waals surface area contributed by atoms with Gasteiger partial charge in [0.15, 0.2) is 0 Å². The molecule has 1 amide bonds. The quantitative estimate of drug-likeness (QED) is 0.865. The lowest BCUT2D eigenvalue weighted by Gasteiger charge is -2.34. The lowest BCUT2D eigenvalue weighted by Crippen LogP contribution is -2.41. The lowest BCUT2D eigenvalue weighted by molar-refractivity contribution is -0.132. The first kappa shape index (κ1) is 16.1. The molecule has 0 saturated carbocycles. The zero-order valence-corrected chi connectivity index (χ0v) is 14.4. The molecule has 0 N–H and O–H groups in total. The van der Waals surface area contributed by atoms with E-state index >= 15 is 0 Å². The summed E-state index contributed by atoms with van der Waals surface area (Å²) in [6.45, 7) is 1.56. The normalized spacial score (nSPS) is 19.6. The molecule has 0 bridgehead atoms. The second kappa shape index (κ2) is 7.17. The van der Waals surface area contributed by atoms with Gasteiger partial charge in [0.1, 0.15) is 17.4 Å². The van der Waals surface area contributed by atoms with Gasteiger partial charge in [-0.1, -0.05) is 30.3 Å². The standard InChI is InChI=1S/C17H22N4OS/c1-20-12-18-19-16(20)14-9-6-10-21(11-14)17(22)15(23-2)13-7-4-3-5-8-13/h3-5,7-8,12,14-15H,6,9-11H2,1-2H3/t14-,15-/m1/s1. The Hall–Kier alpha value is -1.82. The fraction of sp³-hybridized carbons (Fsp3) is 0.471. The summed E-state index contributed by atoms with van der Waals surface area (Å²) in [5.41, 5.74) is 1.07. The van der Waals surface area contributed by atoms with Gasteiger partial charge in [0, 0.05) is 26.1 Å². The largest absolute Gasteiger partial charge is 0.341 e. The SMILES string of the molecule is CS[C@@H](C(=O)N1CCC[C@@H](c2nncn2C)C1)c1ccccc1. The number of piperidine rings is 1. The van der Waals surface area contributed by atoms with Gasteiger partial charge in [0.2, 0.25) is 5.91 Å². The summed E-state index contributed by atoms with van der Waals surface area (Å²) in [7, 11) is 1.96. The fourth-order valence-corrected chi connectivity index (χ4v) is 4.00. The maximum atomic E-state index is 13.0. The highest BCUT2D eigenvalue weighted by molar-refractivity contribution is 7.99. The van der Waals surface area contributed by atoms with Crippen molar-refractivity contribution in [2.45, 2.75) is 24.0 Å². The predicted molar refractivity (Wildman–Crippen MR) is 92.3 cm³/mol. The van der Waals surface area contributed by atoms with Crippen LogP contribution >= 0.6 is 11.8 Å². The molecule has 1 aromatic carbocycles. The Kier molecular flexibility index (Phi) is 5.00. The first-order chi connectivity index (χ1) is 11.2. The molecule has 122 valence electrons. The molecule has 1 aliphatic rings. The Labute approximate surface area is 141 Å². The number of thioether (sulfide) groups is 1. The third-order valence-corrected chi connectivity index (χ3v) is 5.35. The van der Waals surface area contributed by atoms with Crippen LogP contribution in [0.2, 0.25) is 0 Å². The van der Waals surface area contributed by atoms with E-state index in [9.17, 15) is 4.79 Å². The molecule has 1 aliphatic heterocycles. The van der Waals surface area contributed by atoms with Gasteiger partial charge in [-0.3, -0.25) is 4.79 Å². The summed E-state index contributed by atoms with van der Waals surface area (Å²) < 4.78 is 1.96. The summed E-state index contributed by atoms with van der Waals surface area (Å²) in [6.07, 6.45) is 5.80. The van der Waals surface area contributed by atoms with E-state index in [-0.39, 0.29) is 17.1 Å². The van der Waals surface area contributed by atoms with Crippen molar-refractivity contribution in [3.05, 3.63) is 48.0 Å². The Bertz CT molecular complexity index is 658. The van der Waals surface area contributed by atoms with Crippen LogP contribution in [0.25, 0.3) is 0 Å². The van der Waals surface area contributed by atoms with E-state index < -0.39 is 0 Å². The molecule has 0 unspecified atom stereocenters. The van der Waals surface area contributed by atoms with Gasteiger partial charge in [0.05, 0.1) is 0 Å². The van der Waals surface area contributed by atoms with Crippen molar-refractivity contribution in [2.75, 3.05) is 19.3 Å². The van der Waals surface area contributed by atoms with Crippen LogP contribution in [0.4, 0.5) is 0 Å². The smallest absolute Gasteiger partial charge is 0.240 e. The van der Waals surface area contributed by atoms with E-state index in [0.29, 0.717) is 0 Å². The van der Waals surface area contributed by atoms with Gasteiger partial charge in [-0.25, -0.2) is 0 Å². The van der Waals surface area contributed by atoms with Crippen LogP contribution in [0.15, 0.2) is 36.7 Å². The Morgan fingerprint density at radius 3 is 2.78 bits per heavy atom. The van der Waals surface area contributed by atoms with E-state index in [1.807, 2.05) is 53.1 Å². The van der Waals surface area contributed by atoms with Gasteiger partial charge in [0.25, 0.3) is 0 Å². The third kappa shape index (κ3) is 3.42. The molecular weight excluding hydrogens is 308 g/mol. The molecule has 1 saturated heterocycles. The molecule has 0 aliphatic carbocycles. The molecule has 2 atom stereocenters. The second-order valence-corrected chi connectivity index (χ2v) is 6.89. The number of likely N-dealkylation sites (tertiary alicyclic amines) is 1. The highest BCUT2D eigenvalue weighted by Crippen LogP contribution is 2.32. The minimum absolute atomic E-state index is 0.130. The Morgan fingerprint density at radius 1 is 1.35 bits per heavy atom. The molecule has 0 radical (unpaired) electrons. The van der Waals surface area contributed by atoms with Crippen LogP contribution in [0, 0.1) is 0 Å². The van der Waals surface area contributed by atoms with Crippen molar-refractivity contribution in [1.29, 1.82) is 0 Å². The number of nitrogens with zero attached hydrogens (tertiary/aromatic N) is 4. The van der Waals surface area contributed by atoms with Crippen LogP contribution in [0.5, 0.6) is 0 Å². The molecular formula is C17H22N4OS. The number of hydrogen-bond acceptors (Lipinski definition) is 4. The van der Waals surface area contributed by atoms with Crippen LogP contribution in [0.1, 0.15) is 35.4 Å². The van der Waals surface area contributed by atoms with Crippen molar-refractivity contribution in [3.63, 3.8) is 0 Å². The van der Waals surface area contributed by atoms with Gasteiger partial charge in [-0.15, -0.1) is 22.0 Å². The van der Waals surface area contributed by atoms with Gasteiger partial charge < -0.3 is 9.47 Å². The lowest BCUT2D eigenvalue weighted by atomic mass is 9.96. The van der Waals surface area contributed by atoms with Crippen LogP contribution in [-0.2, 0) is 11.8 Å². The van der Waals surface area contributed by atoms with Crippen LogP contribution in [0.3, 0.4) is 0 Å². The monoisotopic (exact) mass is 330 g/mol. The van der Waals surface area contributed by atoms with Gasteiger partial charge >= 0.3 is 0 Å². The number of rotatable bonds is 4. The minimum Gasteiger partial charge on any atom is -0.341 e. The summed E-state index contributed by atoms with van der Waals surface area (Å²) in [4.78, 5) is 15.0. The van der Waals surface area contributed by atoms with Gasteiger partial charge in [-0.2, -0.15) is 0 Å². The van der Waals surface area contributed by atoms with E-state index in [2.05, 4.69) is 10.2 Å².